The molecule has 1 saturated heterocycles. The Kier molecular flexibility index (Phi) is 6.93. The maximum absolute atomic E-state index is 13.7. The van der Waals surface area contributed by atoms with Gasteiger partial charge in [-0.1, -0.05) is 6.58 Å². The third-order valence-electron chi connectivity index (χ3n) is 7.50. The Morgan fingerprint density at radius 3 is 1.98 bits per heavy atom. The Labute approximate surface area is 240 Å². The Morgan fingerprint density at radius 1 is 0.837 bits per heavy atom. The predicted molar refractivity (Wildman–Crippen MR) is 142 cm³/mol. The van der Waals surface area contributed by atoms with Crippen LogP contribution in [0.15, 0.2) is 73.1 Å². The van der Waals surface area contributed by atoms with Crippen molar-refractivity contribution in [3.05, 3.63) is 101 Å². The number of carbonyl (C=O) groups is 2. The molecule has 2 fully saturated rings. The first-order valence-electron chi connectivity index (χ1n) is 12.7. The summed E-state index contributed by atoms with van der Waals surface area (Å²) in [5, 5.41) is 20.7. The average Bonchev–Trinajstić information content (AvgIpc) is 3.18. The predicted octanol–water partition coefficient (Wildman–Crippen LogP) is 6.97. The molecule has 1 aliphatic heterocycles. The Balaban J connectivity index is 1.42. The number of hydrogen-bond acceptors (Lipinski definition) is 5. The summed E-state index contributed by atoms with van der Waals surface area (Å²) in [7, 11) is 0. The highest BCUT2D eigenvalue weighted by Gasteiger charge is 2.59. The van der Waals surface area contributed by atoms with Crippen LogP contribution in [0.4, 0.5) is 43.4 Å². The van der Waals surface area contributed by atoms with Gasteiger partial charge in [0.1, 0.15) is 11.4 Å². The molecule has 1 aliphatic carbocycles. The van der Waals surface area contributed by atoms with E-state index in [-0.39, 0.29) is 22.8 Å². The van der Waals surface area contributed by atoms with E-state index < -0.39 is 52.0 Å². The van der Waals surface area contributed by atoms with Gasteiger partial charge in [0.2, 0.25) is 0 Å². The molecule has 0 atom stereocenters. The topological polar surface area (TPSA) is 100 Å². The van der Waals surface area contributed by atoms with E-state index in [1.54, 1.807) is 4.90 Å². The van der Waals surface area contributed by atoms with Gasteiger partial charge in [0.15, 0.2) is 0 Å². The van der Waals surface area contributed by atoms with Gasteiger partial charge >= 0.3 is 12.4 Å². The van der Waals surface area contributed by atoms with E-state index >= 15 is 0 Å². The van der Waals surface area contributed by atoms with Crippen LogP contribution in [0, 0.1) is 22.7 Å². The maximum Gasteiger partial charge on any atom is 0.417 e. The van der Waals surface area contributed by atoms with Gasteiger partial charge in [-0.2, -0.15) is 36.9 Å². The number of hydrogen-bond donors (Lipinski definition) is 1. The number of rotatable bonds is 4. The molecule has 5 rings (SSSR count). The van der Waals surface area contributed by atoms with Crippen LogP contribution in [0.3, 0.4) is 0 Å². The number of anilines is 3. The summed E-state index contributed by atoms with van der Waals surface area (Å²) in [6.07, 6.45) is -8.07. The van der Waals surface area contributed by atoms with Gasteiger partial charge in [-0.15, -0.1) is 0 Å². The van der Waals surface area contributed by atoms with E-state index in [4.69, 9.17) is 10.5 Å². The largest absolute Gasteiger partial charge is 0.417 e. The second kappa shape index (κ2) is 10.2. The van der Waals surface area contributed by atoms with E-state index in [1.807, 2.05) is 0 Å². The maximum atomic E-state index is 13.7. The highest BCUT2D eigenvalue weighted by atomic mass is 19.4. The van der Waals surface area contributed by atoms with Gasteiger partial charge in [0.05, 0.1) is 40.1 Å². The minimum absolute atomic E-state index is 0.0261. The molecule has 1 heterocycles. The molecule has 0 bridgehead atoms. The summed E-state index contributed by atoms with van der Waals surface area (Å²) in [6, 6.07) is 14.5. The summed E-state index contributed by atoms with van der Waals surface area (Å²) >= 11 is 0. The molecule has 0 aromatic heterocycles. The van der Waals surface area contributed by atoms with Crippen LogP contribution >= 0.6 is 0 Å². The van der Waals surface area contributed by atoms with Crippen molar-refractivity contribution in [3.8, 4) is 12.1 Å². The zero-order valence-electron chi connectivity index (χ0n) is 22.0. The highest BCUT2D eigenvalue weighted by molar-refractivity contribution is 6.11. The fourth-order valence-corrected chi connectivity index (χ4v) is 5.31. The number of alkyl halides is 6. The van der Waals surface area contributed by atoms with Crippen molar-refractivity contribution in [2.75, 3.05) is 15.1 Å². The van der Waals surface area contributed by atoms with Crippen LogP contribution in [0.1, 0.15) is 51.9 Å². The number of nitrogens with one attached hydrogen (secondary N) is 1. The summed E-state index contributed by atoms with van der Waals surface area (Å²) in [6.45, 7) is 3.98. The van der Waals surface area contributed by atoms with Crippen molar-refractivity contribution in [3.63, 3.8) is 0 Å². The van der Waals surface area contributed by atoms with Gasteiger partial charge in [0.25, 0.3) is 11.8 Å². The molecular formula is C30H19F6N5O2. The molecule has 13 heteroatoms. The van der Waals surface area contributed by atoms with Crippen LogP contribution in [-0.4, -0.2) is 17.4 Å². The fraction of sp³-hybridized carbons (Fsp3) is 0.200. The molecule has 7 nitrogen and oxygen atoms in total. The number of halogens is 6. The summed E-state index contributed by atoms with van der Waals surface area (Å²) in [4.78, 5) is 29.2. The highest BCUT2D eigenvalue weighted by Crippen LogP contribution is 2.51. The van der Waals surface area contributed by atoms with Crippen molar-refractivity contribution in [2.45, 2.75) is 37.2 Å². The molecular weight excluding hydrogens is 576 g/mol. The molecule has 43 heavy (non-hydrogen) atoms. The SMILES string of the molecule is C=C1N(c2ccc(C#N)c(C(F)(F)F)c2)C(=O)C2(CCC2)N1c1ccc(C(=O)Nc2ccc(C(F)(F)F)c(C#N)c2)cc1. The fourth-order valence-electron chi connectivity index (χ4n) is 5.31. The molecule has 2 amide bonds. The number of benzene rings is 3. The minimum atomic E-state index is -4.83. The van der Waals surface area contributed by atoms with E-state index in [9.17, 15) is 35.9 Å². The third-order valence-corrected chi connectivity index (χ3v) is 7.50. The monoisotopic (exact) mass is 595 g/mol. The quantitative estimate of drug-likeness (QED) is 0.329. The zero-order valence-corrected chi connectivity index (χ0v) is 22.0. The second-order valence-corrected chi connectivity index (χ2v) is 9.99. The van der Waals surface area contributed by atoms with E-state index in [2.05, 4.69) is 11.9 Å². The molecule has 1 saturated carbocycles. The summed E-state index contributed by atoms with van der Waals surface area (Å²) in [5.41, 5.74) is -4.23. The van der Waals surface area contributed by atoms with Gasteiger partial charge in [-0.25, -0.2) is 0 Å². The lowest BCUT2D eigenvalue weighted by atomic mass is 9.75. The lowest BCUT2D eigenvalue weighted by Gasteiger charge is -2.43. The Morgan fingerprint density at radius 2 is 1.44 bits per heavy atom. The number of nitrogens with zero attached hydrogens (tertiary/aromatic N) is 4. The van der Waals surface area contributed by atoms with Crippen molar-refractivity contribution < 1.29 is 35.9 Å². The third kappa shape index (κ3) is 4.93. The first-order valence-corrected chi connectivity index (χ1v) is 12.7. The van der Waals surface area contributed by atoms with Gasteiger partial charge in [-0.3, -0.25) is 14.5 Å². The van der Waals surface area contributed by atoms with Gasteiger partial charge in [-0.05, 0) is 79.9 Å². The summed E-state index contributed by atoms with van der Waals surface area (Å²) < 4.78 is 80.1. The number of carbonyl (C=O) groups excluding carboxylic acids is 2. The summed E-state index contributed by atoms with van der Waals surface area (Å²) in [5.74, 6) is -1.06. The van der Waals surface area contributed by atoms with Crippen LogP contribution in [0.2, 0.25) is 0 Å². The van der Waals surface area contributed by atoms with Crippen molar-refractivity contribution >= 4 is 28.9 Å². The molecule has 3 aromatic rings. The first kappa shape index (κ1) is 29.2. The molecule has 3 aromatic carbocycles. The Bertz CT molecular complexity index is 1740. The van der Waals surface area contributed by atoms with Crippen molar-refractivity contribution in [1.29, 1.82) is 10.5 Å². The normalized spacial score (nSPS) is 16.1. The van der Waals surface area contributed by atoms with E-state index in [1.165, 1.54) is 42.5 Å². The van der Waals surface area contributed by atoms with E-state index in [0.29, 0.717) is 31.0 Å². The van der Waals surface area contributed by atoms with Gasteiger partial charge < -0.3 is 10.2 Å². The first-order chi connectivity index (χ1) is 20.2. The van der Waals surface area contributed by atoms with Crippen molar-refractivity contribution in [1.82, 2.24) is 0 Å². The lowest BCUT2D eigenvalue weighted by Crippen LogP contribution is -2.54. The van der Waals surface area contributed by atoms with Crippen molar-refractivity contribution in [2.24, 2.45) is 0 Å². The molecule has 218 valence electrons. The van der Waals surface area contributed by atoms with Crippen LogP contribution in [0.5, 0.6) is 0 Å². The molecule has 2 aliphatic rings. The number of nitriles is 2. The van der Waals surface area contributed by atoms with Crippen LogP contribution < -0.4 is 15.1 Å². The number of amides is 2. The second-order valence-electron chi connectivity index (χ2n) is 9.99. The van der Waals surface area contributed by atoms with E-state index in [0.717, 1.165) is 29.2 Å². The molecule has 0 unspecified atom stereocenters. The molecule has 1 N–H and O–H groups in total. The smallest absolute Gasteiger partial charge is 0.322 e. The lowest BCUT2D eigenvalue weighted by molar-refractivity contribution is -0.138. The Hall–Kier alpha value is -5.30. The zero-order chi connectivity index (χ0) is 31.3. The standard InChI is InChI=1S/C30H19F6N5O2/c1-17-40(23-9-5-19(15-37)25(14-23)30(34,35)36)27(43)28(11-2-12-28)41(17)22-7-3-18(4-8-22)26(42)39-21-6-10-24(29(31,32)33)20(13-21)16-38/h3-10,13-14H,1-2,11-12H2,(H,39,42). The van der Waals surface area contributed by atoms with Crippen LogP contribution in [0.25, 0.3) is 0 Å². The van der Waals surface area contributed by atoms with Gasteiger partial charge in [0, 0.05) is 16.9 Å². The minimum Gasteiger partial charge on any atom is -0.322 e. The molecule has 1 spiro atoms. The average molecular weight is 596 g/mol. The molecule has 0 radical (unpaired) electrons. The van der Waals surface area contributed by atoms with Crippen LogP contribution in [-0.2, 0) is 17.1 Å².